The first kappa shape index (κ1) is 13.8. The van der Waals surface area contributed by atoms with Gasteiger partial charge in [0, 0.05) is 25.5 Å². The maximum absolute atomic E-state index is 11.8. The molecule has 104 valence electrons. The summed E-state index contributed by atoms with van der Waals surface area (Å²) in [5, 5.41) is 3.19. The van der Waals surface area contributed by atoms with E-state index < -0.39 is 0 Å². The lowest BCUT2D eigenvalue weighted by molar-refractivity contribution is -0.127. The highest BCUT2D eigenvalue weighted by molar-refractivity contribution is 5.76. The number of nitrogens with one attached hydrogen (secondary N) is 1. The third-order valence-corrected chi connectivity index (χ3v) is 4.24. The molecule has 4 atom stereocenters. The van der Waals surface area contributed by atoms with Crippen molar-refractivity contribution in [3.63, 3.8) is 0 Å². The number of carbonyl (C=O) groups is 1. The van der Waals surface area contributed by atoms with E-state index in [2.05, 4.69) is 12.2 Å². The lowest BCUT2D eigenvalue weighted by Gasteiger charge is -2.39. The summed E-state index contributed by atoms with van der Waals surface area (Å²) in [6.45, 7) is 2.66. The van der Waals surface area contributed by atoms with Gasteiger partial charge < -0.3 is 14.8 Å². The van der Waals surface area contributed by atoms with E-state index in [1.807, 2.05) is 0 Å². The first-order valence-electron chi connectivity index (χ1n) is 7.18. The number of fused-ring (bicyclic) bond motifs is 1. The van der Waals surface area contributed by atoms with Gasteiger partial charge in [-0.3, -0.25) is 4.79 Å². The van der Waals surface area contributed by atoms with Crippen molar-refractivity contribution in [2.45, 2.75) is 63.7 Å². The van der Waals surface area contributed by atoms with Crippen LogP contribution in [0.3, 0.4) is 0 Å². The lowest BCUT2D eigenvalue weighted by Crippen LogP contribution is -2.50. The van der Waals surface area contributed by atoms with E-state index in [1.54, 1.807) is 7.11 Å². The summed E-state index contributed by atoms with van der Waals surface area (Å²) in [6, 6.07) is 0.306. The number of amides is 1. The molecule has 0 aromatic heterocycles. The van der Waals surface area contributed by atoms with Crippen molar-refractivity contribution in [2.24, 2.45) is 5.92 Å². The third kappa shape index (κ3) is 3.23. The van der Waals surface area contributed by atoms with Crippen LogP contribution in [0, 0.1) is 5.92 Å². The zero-order chi connectivity index (χ0) is 13.0. The largest absolute Gasteiger partial charge is 0.384 e. The molecule has 0 radical (unpaired) electrons. The third-order valence-electron chi connectivity index (χ3n) is 4.24. The molecule has 2 fully saturated rings. The summed E-state index contributed by atoms with van der Waals surface area (Å²) in [7, 11) is 1.63. The molecule has 1 aliphatic heterocycles. The Morgan fingerprint density at radius 1 is 1.44 bits per heavy atom. The molecule has 0 unspecified atom stereocenters. The topological polar surface area (TPSA) is 47.6 Å². The number of hydrogen-bond donors (Lipinski definition) is 1. The summed E-state index contributed by atoms with van der Waals surface area (Å²) in [6.07, 6.45) is 6.73. The second-order valence-corrected chi connectivity index (χ2v) is 5.45. The van der Waals surface area contributed by atoms with E-state index in [9.17, 15) is 4.79 Å². The zero-order valence-corrected chi connectivity index (χ0v) is 11.5. The molecule has 1 amide bonds. The molecule has 0 aromatic rings. The molecular formula is C14H25NO3. The molecule has 1 saturated carbocycles. The fourth-order valence-corrected chi connectivity index (χ4v) is 3.25. The van der Waals surface area contributed by atoms with Crippen LogP contribution in [0.25, 0.3) is 0 Å². The lowest BCUT2D eigenvalue weighted by atomic mass is 9.87. The van der Waals surface area contributed by atoms with Gasteiger partial charge in [-0.05, 0) is 25.7 Å². The van der Waals surface area contributed by atoms with Crippen LogP contribution in [0.5, 0.6) is 0 Å². The van der Waals surface area contributed by atoms with Gasteiger partial charge in [0.05, 0.1) is 18.8 Å². The van der Waals surface area contributed by atoms with E-state index in [0.29, 0.717) is 37.2 Å². The quantitative estimate of drug-likeness (QED) is 0.816. The predicted octanol–water partition coefficient (Wildman–Crippen LogP) is 1.88. The molecular weight excluding hydrogens is 230 g/mol. The maximum atomic E-state index is 11.8. The molecule has 1 saturated heterocycles. The van der Waals surface area contributed by atoms with Crippen molar-refractivity contribution in [3.8, 4) is 0 Å². The molecule has 0 bridgehead atoms. The first-order valence-corrected chi connectivity index (χ1v) is 7.18. The van der Waals surface area contributed by atoms with Crippen molar-refractivity contribution in [3.05, 3.63) is 0 Å². The molecule has 2 rings (SSSR count). The van der Waals surface area contributed by atoms with E-state index in [0.717, 1.165) is 19.3 Å². The molecule has 4 nitrogen and oxygen atoms in total. The van der Waals surface area contributed by atoms with Crippen LogP contribution in [0.1, 0.15) is 45.4 Å². The molecule has 18 heavy (non-hydrogen) atoms. The van der Waals surface area contributed by atoms with Crippen LogP contribution in [0.15, 0.2) is 0 Å². The van der Waals surface area contributed by atoms with E-state index in [4.69, 9.17) is 9.47 Å². The van der Waals surface area contributed by atoms with Crippen LogP contribution in [0.4, 0.5) is 0 Å². The second kappa shape index (κ2) is 6.53. The number of hydrogen-bond acceptors (Lipinski definition) is 3. The zero-order valence-electron chi connectivity index (χ0n) is 11.5. The Bertz CT molecular complexity index is 282. The van der Waals surface area contributed by atoms with Crippen LogP contribution >= 0.6 is 0 Å². The Balaban J connectivity index is 1.90. The standard InChI is InChI=1S/C14H25NO3/c1-3-10-9-12(15-14(16)7-8-17-2)11-5-4-6-13(11)18-10/h10-13H,3-9H2,1-2H3,(H,15,16)/t10-,11-,12+,13+/m0/s1. The summed E-state index contributed by atoms with van der Waals surface area (Å²) in [5.41, 5.74) is 0. The second-order valence-electron chi connectivity index (χ2n) is 5.45. The van der Waals surface area contributed by atoms with Gasteiger partial charge in [0.1, 0.15) is 0 Å². The van der Waals surface area contributed by atoms with E-state index >= 15 is 0 Å². The number of rotatable bonds is 5. The minimum absolute atomic E-state index is 0.115. The highest BCUT2D eigenvalue weighted by atomic mass is 16.5. The van der Waals surface area contributed by atoms with Gasteiger partial charge in [-0.1, -0.05) is 13.3 Å². The molecule has 1 heterocycles. The average molecular weight is 255 g/mol. The minimum atomic E-state index is 0.115. The molecule has 2 aliphatic rings. The van der Waals surface area contributed by atoms with Gasteiger partial charge in [-0.25, -0.2) is 0 Å². The molecule has 1 aliphatic carbocycles. The van der Waals surface area contributed by atoms with Crippen LogP contribution in [-0.4, -0.2) is 37.9 Å². The highest BCUT2D eigenvalue weighted by Crippen LogP contribution is 2.38. The summed E-state index contributed by atoms with van der Waals surface area (Å²) in [5.74, 6) is 0.642. The normalized spacial score (nSPS) is 35.2. The van der Waals surface area contributed by atoms with E-state index in [1.165, 1.54) is 12.8 Å². The van der Waals surface area contributed by atoms with Gasteiger partial charge in [0.25, 0.3) is 0 Å². The fourth-order valence-electron chi connectivity index (χ4n) is 3.25. The van der Waals surface area contributed by atoms with Gasteiger partial charge >= 0.3 is 0 Å². The smallest absolute Gasteiger partial charge is 0.222 e. The fraction of sp³-hybridized carbons (Fsp3) is 0.929. The van der Waals surface area contributed by atoms with Gasteiger partial charge in [-0.2, -0.15) is 0 Å². The van der Waals surface area contributed by atoms with Crippen molar-refractivity contribution < 1.29 is 14.3 Å². The predicted molar refractivity (Wildman–Crippen MR) is 69.3 cm³/mol. The van der Waals surface area contributed by atoms with Crippen LogP contribution < -0.4 is 5.32 Å². The SMILES string of the molecule is CC[C@H]1C[C@@H](NC(=O)CCOC)[C@@H]2CCC[C@H]2O1. The van der Waals surface area contributed by atoms with Crippen LogP contribution in [0.2, 0.25) is 0 Å². The summed E-state index contributed by atoms with van der Waals surface area (Å²) < 4.78 is 11.0. The highest BCUT2D eigenvalue weighted by Gasteiger charge is 2.41. The van der Waals surface area contributed by atoms with Crippen molar-refractivity contribution in [1.29, 1.82) is 0 Å². The number of methoxy groups -OCH3 is 1. The Kier molecular flexibility index (Phi) is 5.01. The maximum Gasteiger partial charge on any atom is 0.222 e. The van der Waals surface area contributed by atoms with Gasteiger partial charge in [0.15, 0.2) is 0 Å². The Labute approximate surface area is 109 Å². The monoisotopic (exact) mass is 255 g/mol. The van der Waals surface area contributed by atoms with Crippen molar-refractivity contribution >= 4 is 5.91 Å². The minimum Gasteiger partial charge on any atom is -0.384 e. The first-order chi connectivity index (χ1) is 8.74. The molecule has 0 aromatic carbocycles. The summed E-state index contributed by atoms with van der Waals surface area (Å²) in [4.78, 5) is 11.8. The van der Waals surface area contributed by atoms with Crippen LogP contribution in [-0.2, 0) is 14.3 Å². The molecule has 0 spiro atoms. The Morgan fingerprint density at radius 3 is 3.00 bits per heavy atom. The Hall–Kier alpha value is -0.610. The number of carbonyl (C=O) groups excluding carboxylic acids is 1. The van der Waals surface area contributed by atoms with Gasteiger partial charge in [-0.15, -0.1) is 0 Å². The number of ether oxygens (including phenoxy) is 2. The molecule has 1 N–H and O–H groups in total. The molecule has 4 heteroatoms. The van der Waals surface area contributed by atoms with Crippen molar-refractivity contribution in [2.75, 3.05) is 13.7 Å². The Morgan fingerprint density at radius 2 is 2.28 bits per heavy atom. The summed E-state index contributed by atoms with van der Waals surface area (Å²) >= 11 is 0. The average Bonchev–Trinajstić information content (AvgIpc) is 2.84. The van der Waals surface area contributed by atoms with Gasteiger partial charge in [0.2, 0.25) is 5.91 Å². The van der Waals surface area contributed by atoms with E-state index in [-0.39, 0.29) is 5.91 Å². The van der Waals surface area contributed by atoms with Crippen molar-refractivity contribution in [1.82, 2.24) is 5.32 Å².